The van der Waals surface area contributed by atoms with Crippen LogP contribution in [0.5, 0.6) is 0 Å². The fraction of sp³-hybridized carbons (Fsp3) is 0.222. The van der Waals surface area contributed by atoms with Crippen LogP contribution >= 0.6 is 0 Å². The number of hydrogen-bond donors (Lipinski definition) is 0. The third-order valence-electron chi connectivity index (χ3n) is 3.99. The zero-order valence-electron chi connectivity index (χ0n) is 11.9. The number of aryl methyl sites for hydroxylation is 2. The van der Waals surface area contributed by atoms with Gasteiger partial charge in [-0.25, -0.2) is 0 Å². The van der Waals surface area contributed by atoms with E-state index in [0.29, 0.717) is 0 Å². The molecule has 21 heavy (non-hydrogen) atoms. The van der Waals surface area contributed by atoms with Crippen LogP contribution in [0.25, 0.3) is 0 Å². The molecule has 0 aliphatic carbocycles. The van der Waals surface area contributed by atoms with E-state index in [-0.39, 0.29) is 0 Å². The molecule has 1 aliphatic rings. The molecule has 2 atom stereocenters. The molecule has 0 spiro atoms. The fourth-order valence-corrected chi connectivity index (χ4v) is 2.64. The topological polar surface area (TPSA) is 60.1 Å². The first kappa shape index (κ1) is 13.4. The van der Waals surface area contributed by atoms with Crippen molar-refractivity contribution in [2.24, 2.45) is 0 Å². The summed E-state index contributed by atoms with van der Waals surface area (Å²) < 4.78 is 5.72. The predicted octanol–water partition coefficient (Wildman–Crippen LogP) is 3.47. The Bertz CT molecular complexity index is 697. The molecule has 3 nitrogen and oxygen atoms in total. The number of ether oxygens (including phenoxy) is 1. The number of hydrogen-bond acceptors (Lipinski definition) is 3. The van der Waals surface area contributed by atoms with Crippen molar-refractivity contribution in [1.82, 2.24) is 0 Å². The van der Waals surface area contributed by atoms with Crippen LogP contribution in [-0.4, -0.2) is 0 Å². The molecule has 0 N–H and O–H groups in total. The molecule has 3 rings (SSSR count). The molecular weight excluding hydrogens is 260 g/mol. The summed E-state index contributed by atoms with van der Waals surface area (Å²) in [5.41, 5.74) is 1.21. The minimum atomic E-state index is -1.22. The Labute approximate surface area is 124 Å². The lowest BCUT2D eigenvalue weighted by Crippen LogP contribution is -2.19. The van der Waals surface area contributed by atoms with E-state index in [4.69, 9.17) is 4.74 Å². The summed E-state index contributed by atoms with van der Waals surface area (Å²) in [6.07, 6.45) is 0. The minimum absolute atomic E-state index is 0.720. The predicted molar refractivity (Wildman–Crippen MR) is 78.0 cm³/mol. The van der Waals surface area contributed by atoms with Gasteiger partial charge in [-0.1, -0.05) is 59.7 Å². The molecule has 0 bridgehead atoms. The highest BCUT2D eigenvalue weighted by molar-refractivity contribution is 5.52. The maximum absolute atomic E-state index is 9.64. The normalized spacial score (nSPS) is 26.7. The summed E-state index contributed by atoms with van der Waals surface area (Å²) in [6, 6.07) is 19.5. The lowest BCUT2D eigenvalue weighted by atomic mass is 9.83. The van der Waals surface area contributed by atoms with Crippen molar-refractivity contribution in [3.05, 3.63) is 70.8 Å². The summed E-state index contributed by atoms with van der Waals surface area (Å²) in [5.74, 6) is 0. The molecule has 102 valence electrons. The van der Waals surface area contributed by atoms with Crippen molar-refractivity contribution < 1.29 is 4.74 Å². The second-order valence-corrected chi connectivity index (χ2v) is 5.42. The average molecular weight is 274 g/mol. The number of rotatable bonds is 2. The van der Waals surface area contributed by atoms with Crippen LogP contribution in [0, 0.1) is 36.5 Å². The Morgan fingerprint density at radius 3 is 1.33 bits per heavy atom. The first-order valence-corrected chi connectivity index (χ1v) is 6.75. The molecule has 0 amide bonds. The van der Waals surface area contributed by atoms with Gasteiger partial charge in [-0.3, -0.25) is 0 Å². The van der Waals surface area contributed by atoms with Crippen molar-refractivity contribution in [1.29, 1.82) is 10.5 Å². The number of nitriles is 2. The second-order valence-electron chi connectivity index (χ2n) is 5.42. The first-order valence-electron chi connectivity index (χ1n) is 6.75. The molecule has 2 aromatic rings. The summed E-state index contributed by atoms with van der Waals surface area (Å²) in [6.45, 7) is 3.96. The fourth-order valence-electron chi connectivity index (χ4n) is 2.64. The maximum atomic E-state index is 9.64. The SMILES string of the molecule is Cc1ccc(C2(C#N)OC2(C#N)c2ccc(C)cc2)cc1. The zero-order valence-corrected chi connectivity index (χ0v) is 11.9. The van der Waals surface area contributed by atoms with E-state index in [1.165, 1.54) is 0 Å². The van der Waals surface area contributed by atoms with Gasteiger partial charge in [0.15, 0.2) is 0 Å². The molecule has 3 heteroatoms. The molecule has 2 unspecified atom stereocenters. The van der Waals surface area contributed by atoms with Crippen molar-refractivity contribution in [3.63, 3.8) is 0 Å². The van der Waals surface area contributed by atoms with E-state index in [1.54, 1.807) is 0 Å². The highest BCUT2D eigenvalue weighted by Gasteiger charge is 2.74. The van der Waals surface area contributed by atoms with Gasteiger partial charge in [0, 0.05) is 11.1 Å². The van der Waals surface area contributed by atoms with Crippen LogP contribution in [0.4, 0.5) is 0 Å². The Hall–Kier alpha value is -2.62. The lowest BCUT2D eigenvalue weighted by molar-refractivity contribution is 0.314. The van der Waals surface area contributed by atoms with Gasteiger partial charge >= 0.3 is 0 Å². The molecule has 1 heterocycles. The second kappa shape index (κ2) is 4.45. The third kappa shape index (κ3) is 1.76. The van der Waals surface area contributed by atoms with Crippen molar-refractivity contribution in [2.75, 3.05) is 0 Å². The van der Waals surface area contributed by atoms with Gasteiger partial charge in [0.25, 0.3) is 0 Å². The van der Waals surface area contributed by atoms with E-state index in [2.05, 4.69) is 12.1 Å². The Kier molecular flexibility index (Phi) is 2.83. The Balaban J connectivity index is 2.11. The number of benzene rings is 2. The minimum Gasteiger partial charge on any atom is -0.321 e. The van der Waals surface area contributed by atoms with Crippen LogP contribution in [0.2, 0.25) is 0 Å². The zero-order chi connectivity index (χ0) is 15.1. The van der Waals surface area contributed by atoms with E-state index in [1.807, 2.05) is 62.4 Å². The van der Waals surface area contributed by atoms with Crippen LogP contribution < -0.4 is 0 Å². The molecule has 1 saturated heterocycles. The van der Waals surface area contributed by atoms with Gasteiger partial charge in [-0.05, 0) is 13.8 Å². The smallest absolute Gasteiger partial charge is 0.228 e. The largest absolute Gasteiger partial charge is 0.321 e. The first-order chi connectivity index (χ1) is 10.1. The van der Waals surface area contributed by atoms with Crippen LogP contribution in [0.3, 0.4) is 0 Å². The quantitative estimate of drug-likeness (QED) is 0.788. The van der Waals surface area contributed by atoms with Crippen LogP contribution in [-0.2, 0) is 15.9 Å². The van der Waals surface area contributed by atoms with Gasteiger partial charge in [0.2, 0.25) is 11.2 Å². The van der Waals surface area contributed by atoms with Gasteiger partial charge in [0.1, 0.15) is 12.1 Å². The Morgan fingerprint density at radius 1 is 0.714 bits per heavy atom. The van der Waals surface area contributed by atoms with Crippen molar-refractivity contribution in [2.45, 2.75) is 25.0 Å². The van der Waals surface area contributed by atoms with E-state index in [9.17, 15) is 10.5 Å². The van der Waals surface area contributed by atoms with Crippen molar-refractivity contribution in [3.8, 4) is 12.1 Å². The third-order valence-corrected chi connectivity index (χ3v) is 3.99. The summed E-state index contributed by atoms with van der Waals surface area (Å²) in [4.78, 5) is 0. The summed E-state index contributed by atoms with van der Waals surface area (Å²) in [7, 11) is 0. The standard InChI is InChI=1S/C18H14N2O/c1-13-3-7-15(8-4-13)17(11-19)18(12-20,21-17)16-9-5-14(2)6-10-16/h3-10H,1-2H3. The molecule has 0 radical (unpaired) electrons. The number of nitrogens with zero attached hydrogens (tertiary/aromatic N) is 2. The number of epoxide rings is 1. The highest BCUT2D eigenvalue weighted by Crippen LogP contribution is 2.61. The van der Waals surface area contributed by atoms with Gasteiger partial charge in [-0.15, -0.1) is 0 Å². The molecule has 1 aliphatic heterocycles. The monoisotopic (exact) mass is 274 g/mol. The van der Waals surface area contributed by atoms with Crippen LogP contribution in [0.15, 0.2) is 48.5 Å². The molecule has 0 saturated carbocycles. The van der Waals surface area contributed by atoms with Gasteiger partial charge < -0.3 is 4.74 Å². The molecule has 0 aromatic heterocycles. The highest BCUT2D eigenvalue weighted by atomic mass is 16.6. The summed E-state index contributed by atoms with van der Waals surface area (Å²) >= 11 is 0. The van der Waals surface area contributed by atoms with Gasteiger partial charge in [0.05, 0.1) is 0 Å². The van der Waals surface area contributed by atoms with E-state index >= 15 is 0 Å². The van der Waals surface area contributed by atoms with Crippen LogP contribution in [0.1, 0.15) is 22.3 Å². The maximum Gasteiger partial charge on any atom is 0.228 e. The van der Waals surface area contributed by atoms with E-state index < -0.39 is 11.2 Å². The average Bonchev–Trinajstić information content (AvgIpc) is 3.19. The Morgan fingerprint density at radius 2 is 1.05 bits per heavy atom. The molecular formula is C18H14N2O. The van der Waals surface area contributed by atoms with Crippen molar-refractivity contribution >= 4 is 0 Å². The lowest BCUT2D eigenvalue weighted by Gasteiger charge is -2.10. The molecule has 2 aromatic carbocycles. The van der Waals surface area contributed by atoms with Gasteiger partial charge in [-0.2, -0.15) is 10.5 Å². The van der Waals surface area contributed by atoms with E-state index in [0.717, 1.165) is 22.3 Å². The summed E-state index contributed by atoms with van der Waals surface area (Å²) in [5, 5.41) is 19.3. The molecule has 1 fully saturated rings.